The van der Waals surface area contributed by atoms with E-state index in [0.29, 0.717) is 0 Å². The summed E-state index contributed by atoms with van der Waals surface area (Å²) in [5.74, 6) is -0.764. The van der Waals surface area contributed by atoms with Crippen molar-refractivity contribution in [2.45, 2.75) is 12.5 Å². The van der Waals surface area contributed by atoms with Gasteiger partial charge in [-0.1, -0.05) is 12.1 Å². The van der Waals surface area contributed by atoms with Crippen LogP contribution in [-0.2, 0) is 4.79 Å². The topological polar surface area (TPSA) is 52.6 Å². The molecule has 0 aliphatic carbocycles. The molecule has 0 fully saturated rings. The van der Waals surface area contributed by atoms with Gasteiger partial charge in [-0.15, -0.1) is 0 Å². The average molecular weight is 206 g/mol. The summed E-state index contributed by atoms with van der Waals surface area (Å²) in [5.41, 5.74) is 2.14. The number of para-hydroxylation sites is 2. The maximum absolute atomic E-state index is 10.6. The molecule has 0 aromatic heterocycles. The quantitative estimate of drug-likeness (QED) is 0.767. The van der Waals surface area contributed by atoms with Gasteiger partial charge < -0.3 is 15.3 Å². The SMILES string of the molecule is CN1CC(CC(=O)O)Nc2ccccc21. The van der Waals surface area contributed by atoms with Gasteiger partial charge in [0.25, 0.3) is 0 Å². The van der Waals surface area contributed by atoms with Crippen LogP contribution in [0.3, 0.4) is 0 Å². The molecule has 1 aliphatic heterocycles. The van der Waals surface area contributed by atoms with Crippen molar-refractivity contribution in [2.75, 3.05) is 23.8 Å². The Bertz CT molecular complexity index is 379. The monoisotopic (exact) mass is 206 g/mol. The number of nitrogens with one attached hydrogen (secondary N) is 1. The van der Waals surface area contributed by atoms with Crippen molar-refractivity contribution in [1.29, 1.82) is 0 Å². The molecule has 1 atom stereocenters. The molecule has 0 spiro atoms. The summed E-state index contributed by atoms with van der Waals surface area (Å²) < 4.78 is 0. The van der Waals surface area contributed by atoms with Crippen molar-refractivity contribution in [2.24, 2.45) is 0 Å². The third-order valence-corrected chi connectivity index (χ3v) is 2.59. The number of rotatable bonds is 2. The fraction of sp³-hybridized carbons (Fsp3) is 0.364. The first-order valence-corrected chi connectivity index (χ1v) is 4.95. The second-order valence-electron chi connectivity index (χ2n) is 3.84. The number of hydrogen-bond acceptors (Lipinski definition) is 3. The van der Waals surface area contributed by atoms with Crippen LogP contribution in [0.25, 0.3) is 0 Å². The highest BCUT2D eigenvalue weighted by Crippen LogP contribution is 2.29. The molecule has 80 valence electrons. The van der Waals surface area contributed by atoms with Crippen LogP contribution in [0.1, 0.15) is 6.42 Å². The molecule has 0 saturated heterocycles. The Balaban J connectivity index is 2.19. The van der Waals surface area contributed by atoms with Crippen LogP contribution in [0.15, 0.2) is 24.3 Å². The van der Waals surface area contributed by atoms with E-state index in [1.807, 2.05) is 31.3 Å². The van der Waals surface area contributed by atoms with Crippen molar-refractivity contribution >= 4 is 17.3 Å². The largest absolute Gasteiger partial charge is 0.481 e. The molecule has 1 aliphatic rings. The lowest BCUT2D eigenvalue weighted by molar-refractivity contribution is -0.137. The molecule has 1 aromatic rings. The highest BCUT2D eigenvalue weighted by Gasteiger charge is 2.22. The lowest BCUT2D eigenvalue weighted by atomic mass is 10.1. The Hall–Kier alpha value is -1.71. The number of aliphatic carboxylic acids is 1. The van der Waals surface area contributed by atoms with Gasteiger partial charge >= 0.3 is 5.97 Å². The normalized spacial score (nSPS) is 19.3. The minimum atomic E-state index is -0.764. The fourth-order valence-corrected chi connectivity index (χ4v) is 1.95. The Morgan fingerprint density at radius 2 is 2.33 bits per heavy atom. The number of carboxylic acids is 1. The fourth-order valence-electron chi connectivity index (χ4n) is 1.95. The van der Waals surface area contributed by atoms with E-state index in [1.165, 1.54) is 0 Å². The van der Waals surface area contributed by atoms with E-state index >= 15 is 0 Å². The highest BCUT2D eigenvalue weighted by atomic mass is 16.4. The molecule has 1 unspecified atom stereocenters. The van der Waals surface area contributed by atoms with E-state index in [0.717, 1.165) is 17.9 Å². The standard InChI is InChI=1S/C11H14N2O2/c1-13-7-8(6-11(14)15)12-9-4-2-3-5-10(9)13/h2-5,8,12H,6-7H2,1H3,(H,14,15). The van der Waals surface area contributed by atoms with Gasteiger partial charge in [0.2, 0.25) is 0 Å². The number of fused-ring (bicyclic) bond motifs is 1. The van der Waals surface area contributed by atoms with Crippen LogP contribution in [0, 0.1) is 0 Å². The van der Waals surface area contributed by atoms with Gasteiger partial charge in [-0.3, -0.25) is 4.79 Å². The summed E-state index contributed by atoms with van der Waals surface area (Å²) in [5, 5.41) is 12.0. The van der Waals surface area contributed by atoms with Crippen molar-refractivity contribution in [3.8, 4) is 0 Å². The molecule has 15 heavy (non-hydrogen) atoms. The van der Waals surface area contributed by atoms with E-state index in [2.05, 4.69) is 10.2 Å². The first kappa shape index (κ1) is 9.83. The van der Waals surface area contributed by atoms with Crippen LogP contribution in [0.5, 0.6) is 0 Å². The molecular weight excluding hydrogens is 192 g/mol. The van der Waals surface area contributed by atoms with Crippen LogP contribution in [0.4, 0.5) is 11.4 Å². The maximum Gasteiger partial charge on any atom is 0.305 e. The van der Waals surface area contributed by atoms with Gasteiger partial charge in [-0.05, 0) is 12.1 Å². The van der Waals surface area contributed by atoms with E-state index in [4.69, 9.17) is 5.11 Å². The van der Waals surface area contributed by atoms with Crippen molar-refractivity contribution in [3.63, 3.8) is 0 Å². The molecule has 0 bridgehead atoms. The van der Waals surface area contributed by atoms with Gasteiger partial charge in [0.05, 0.1) is 23.8 Å². The Kier molecular flexibility index (Phi) is 2.49. The zero-order valence-electron chi connectivity index (χ0n) is 8.60. The summed E-state index contributed by atoms with van der Waals surface area (Å²) in [4.78, 5) is 12.7. The first-order chi connectivity index (χ1) is 7.16. The lowest BCUT2D eigenvalue weighted by Gasteiger charge is -2.34. The smallest absolute Gasteiger partial charge is 0.305 e. The van der Waals surface area contributed by atoms with E-state index < -0.39 is 5.97 Å². The second-order valence-corrected chi connectivity index (χ2v) is 3.84. The molecule has 4 nitrogen and oxygen atoms in total. The zero-order chi connectivity index (χ0) is 10.8. The third-order valence-electron chi connectivity index (χ3n) is 2.59. The summed E-state index contributed by atoms with van der Waals surface area (Å²) >= 11 is 0. The van der Waals surface area contributed by atoms with Gasteiger partial charge in [-0.25, -0.2) is 0 Å². The maximum atomic E-state index is 10.6. The molecule has 2 N–H and O–H groups in total. The molecule has 1 heterocycles. The summed E-state index contributed by atoms with van der Waals surface area (Å²) in [7, 11) is 1.98. The van der Waals surface area contributed by atoms with Crippen LogP contribution in [0.2, 0.25) is 0 Å². The van der Waals surface area contributed by atoms with Crippen LogP contribution in [-0.4, -0.2) is 30.7 Å². The molecule has 0 amide bonds. The summed E-state index contributed by atoms with van der Waals surface area (Å²) in [6.07, 6.45) is 0.151. The molecule has 0 saturated carbocycles. The molecule has 0 radical (unpaired) electrons. The Morgan fingerprint density at radius 1 is 1.60 bits per heavy atom. The number of anilines is 2. The predicted molar refractivity (Wildman–Crippen MR) is 59.4 cm³/mol. The van der Waals surface area contributed by atoms with E-state index in [1.54, 1.807) is 0 Å². The molecule has 4 heteroatoms. The Labute approximate surface area is 88.5 Å². The number of nitrogens with zero attached hydrogens (tertiary/aromatic N) is 1. The minimum Gasteiger partial charge on any atom is -0.481 e. The van der Waals surface area contributed by atoms with Crippen LogP contribution < -0.4 is 10.2 Å². The second kappa shape index (κ2) is 3.81. The first-order valence-electron chi connectivity index (χ1n) is 4.95. The average Bonchev–Trinajstić information content (AvgIpc) is 2.16. The zero-order valence-corrected chi connectivity index (χ0v) is 8.60. The predicted octanol–water partition coefficient (Wildman–Crippen LogP) is 1.39. The highest BCUT2D eigenvalue weighted by molar-refractivity contribution is 5.74. The lowest BCUT2D eigenvalue weighted by Crippen LogP contribution is -2.40. The van der Waals surface area contributed by atoms with E-state index in [9.17, 15) is 4.79 Å². The van der Waals surface area contributed by atoms with Gasteiger partial charge in [0.1, 0.15) is 0 Å². The van der Waals surface area contributed by atoms with Crippen molar-refractivity contribution in [3.05, 3.63) is 24.3 Å². The number of hydrogen-bond donors (Lipinski definition) is 2. The number of carboxylic acid groups (broad SMARTS) is 1. The number of likely N-dealkylation sites (N-methyl/N-ethyl adjacent to an activating group) is 1. The molecule has 1 aromatic carbocycles. The molecule has 2 rings (SSSR count). The Morgan fingerprint density at radius 3 is 3.07 bits per heavy atom. The summed E-state index contributed by atoms with van der Waals surface area (Å²) in [6.45, 7) is 0.726. The number of benzene rings is 1. The van der Waals surface area contributed by atoms with Gasteiger partial charge in [-0.2, -0.15) is 0 Å². The summed E-state index contributed by atoms with van der Waals surface area (Å²) in [6, 6.07) is 7.92. The number of carbonyl (C=O) groups is 1. The van der Waals surface area contributed by atoms with E-state index in [-0.39, 0.29) is 12.5 Å². The van der Waals surface area contributed by atoms with Crippen molar-refractivity contribution in [1.82, 2.24) is 0 Å². The van der Waals surface area contributed by atoms with Gasteiger partial charge in [0.15, 0.2) is 0 Å². The van der Waals surface area contributed by atoms with Gasteiger partial charge in [0, 0.05) is 13.6 Å². The molecular formula is C11H14N2O2. The van der Waals surface area contributed by atoms with Crippen LogP contribution >= 0.6 is 0 Å². The minimum absolute atomic E-state index is 0.0117. The third kappa shape index (κ3) is 2.03. The van der Waals surface area contributed by atoms with Crippen molar-refractivity contribution < 1.29 is 9.90 Å².